The van der Waals surface area contributed by atoms with Crippen LogP contribution in [0.2, 0.25) is 0 Å². The normalized spacial score (nSPS) is 17.2. The van der Waals surface area contributed by atoms with Crippen molar-refractivity contribution in [1.29, 1.82) is 0 Å². The van der Waals surface area contributed by atoms with Gasteiger partial charge in [0.1, 0.15) is 5.82 Å². The maximum atomic E-state index is 4.53. The molecule has 0 atom stereocenters. The van der Waals surface area contributed by atoms with Gasteiger partial charge in [0.2, 0.25) is 0 Å². The van der Waals surface area contributed by atoms with Crippen LogP contribution in [0.3, 0.4) is 0 Å². The third-order valence-electron chi connectivity index (χ3n) is 4.71. The number of hydrogen-bond acceptors (Lipinski definition) is 4. The summed E-state index contributed by atoms with van der Waals surface area (Å²) in [5.41, 5.74) is 5.17. The Morgan fingerprint density at radius 1 is 1.17 bits per heavy atom. The van der Waals surface area contributed by atoms with Crippen LogP contribution in [0, 0.1) is 0 Å². The fourth-order valence-corrected chi connectivity index (χ4v) is 3.61. The maximum Gasteiger partial charge on any atom is 0.108 e. The van der Waals surface area contributed by atoms with E-state index >= 15 is 0 Å². The van der Waals surface area contributed by atoms with Gasteiger partial charge in [-0.15, -0.1) is 0 Å². The van der Waals surface area contributed by atoms with E-state index in [0.29, 0.717) is 0 Å². The lowest BCUT2D eigenvalue weighted by molar-refractivity contribution is 0.196. The third-order valence-corrected chi connectivity index (χ3v) is 4.71. The van der Waals surface area contributed by atoms with Gasteiger partial charge >= 0.3 is 0 Å². The van der Waals surface area contributed by atoms with Gasteiger partial charge in [0.25, 0.3) is 0 Å². The molecule has 122 valence electrons. The zero-order valence-corrected chi connectivity index (χ0v) is 14.0. The molecule has 4 heterocycles. The zero-order valence-electron chi connectivity index (χ0n) is 14.0. The molecule has 0 bridgehead atoms. The van der Waals surface area contributed by atoms with Crippen molar-refractivity contribution >= 4 is 0 Å². The Morgan fingerprint density at radius 2 is 2.08 bits per heavy atom. The number of rotatable bonds is 3. The predicted molar refractivity (Wildman–Crippen MR) is 94.8 cm³/mol. The average molecular weight is 318 g/mol. The first-order valence-electron chi connectivity index (χ1n) is 8.50. The molecule has 4 rings (SSSR count). The molecule has 0 amide bonds. The van der Waals surface area contributed by atoms with Gasteiger partial charge in [-0.05, 0) is 35.8 Å². The minimum Gasteiger partial charge on any atom is -0.353 e. The summed E-state index contributed by atoms with van der Waals surface area (Å²) in [5.74, 6) is 1.34. The van der Waals surface area contributed by atoms with E-state index in [2.05, 4.69) is 51.0 Å². The van der Waals surface area contributed by atoms with Crippen LogP contribution >= 0.6 is 0 Å². The molecule has 0 unspecified atom stereocenters. The molecule has 0 radical (unpaired) electrons. The summed E-state index contributed by atoms with van der Waals surface area (Å²) in [5, 5.41) is 0. The van der Waals surface area contributed by atoms with E-state index in [1.807, 2.05) is 30.7 Å². The molecule has 2 aliphatic heterocycles. The largest absolute Gasteiger partial charge is 0.353 e. The second-order valence-electron chi connectivity index (χ2n) is 6.43. The lowest BCUT2D eigenvalue weighted by atomic mass is 10.0. The first-order chi connectivity index (χ1) is 11.8. The van der Waals surface area contributed by atoms with Crippen molar-refractivity contribution in [3.8, 4) is 0 Å². The van der Waals surface area contributed by atoms with Gasteiger partial charge in [-0.3, -0.25) is 9.97 Å². The molecule has 0 saturated heterocycles. The molecule has 24 heavy (non-hydrogen) atoms. The van der Waals surface area contributed by atoms with Crippen LogP contribution in [-0.4, -0.2) is 32.9 Å². The molecule has 0 saturated carbocycles. The van der Waals surface area contributed by atoms with Crippen molar-refractivity contribution in [2.75, 3.05) is 13.1 Å². The zero-order chi connectivity index (χ0) is 16.4. The van der Waals surface area contributed by atoms with Gasteiger partial charge in [0.15, 0.2) is 0 Å². The van der Waals surface area contributed by atoms with Crippen molar-refractivity contribution in [2.24, 2.45) is 0 Å². The Labute approximate surface area is 143 Å². The number of aromatic nitrogens is 2. The summed E-state index contributed by atoms with van der Waals surface area (Å²) in [7, 11) is 0. The standard InChI is InChI=1S/C20H22N4/c1-16-5-4-11-23(14-17-6-2-9-21-13-17)20(16)24-12-8-19-18(15-24)7-3-10-22-19/h2-7,9-10,13H,8,11-12,14-15H2,1H3. The monoisotopic (exact) mass is 318 g/mol. The summed E-state index contributed by atoms with van der Waals surface area (Å²) in [6, 6.07) is 8.40. The van der Waals surface area contributed by atoms with Crippen molar-refractivity contribution in [3.63, 3.8) is 0 Å². The minimum atomic E-state index is 0.890. The number of allylic oxidation sites excluding steroid dienone is 2. The lowest BCUT2D eigenvalue weighted by Gasteiger charge is -2.40. The van der Waals surface area contributed by atoms with Crippen LogP contribution in [0.5, 0.6) is 0 Å². The summed E-state index contributed by atoms with van der Waals surface area (Å²) < 4.78 is 0. The first kappa shape index (κ1) is 14.9. The molecular weight excluding hydrogens is 296 g/mol. The molecule has 0 fully saturated rings. The highest BCUT2D eigenvalue weighted by Crippen LogP contribution is 2.27. The molecule has 2 aliphatic rings. The van der Waals surface area contributed by atoms with Gasteiger partial charge in [-0.1, -0.05) is 24.3 Å². The highest BCUT2D eigenvalue weighted by atomic mass is 15.3. The lowest BCUT2D eigenvalue weighted by Crippen LogP contribution is -2.40. The molecule has 4 heteroatoms. The minimum absolute atomic E-state index is 0.890. The number of pyridine rings is 2. The van der Waals surface area contributed by atoms with Crippen molar-refractivity contribution in [2.45, 2.75) is 26.4 Å². The number of nitrogens with zero attached hydrogens (tertiary/aromatic N) is 4. The smallest absolute Gasteiger partial charge is 0.108 e. The summed E-state index contributed by atoms with van der Waals surface area (Å²) in [4.78, 5) is 13.7. The Kier molecular flexibility index (Phi) is 4.03. The second-order valence-corrected chi connectivity index (χ2v) is 6.43. The van der Waals surface area contributed by atoms with Crippen molar-refractivity contribution in [3.05, 3.63) is 83.2 Å². The van der Waals surface area contributed by atoms with Gasteiger partial charge < -0.3 is 9.80 Å². The Bertz CT molecular complexity index is 779. The van der Waals surface area contributed by atoms with Crippen LogP contribution in [0.4, 0.5) is 0 Å². The van der Waals surface area contributed by atoms with E-state index in [0.717, 1.165) is 32.6 Å². The highest BCUT2D eigenvalue weighted by molar-refractivity contribution is 5.31. The Hall–Kier alpha value is -2.62. The van der Waals surface area contributed by atoms with Crippen LogP contribution in [0.25, 0.3) is 0 Å². The molecule has 0 aliphatic carbocycles. The highest BCUT2D eigenvalue weighted by Gasteiger charge is 2.25. The molecular formula is C20H22N4. The Morgan fingerprint density at radius 3 is 2.96 bits per heavy atom. The van der Waals surface area contributed by atoms with Gasteiger partial charge in [-0.2, -0.15) is 0 Å². The first-order valence-corrected chi connectivity index (χ1v) is 8.50. The van der Waals surface area contributed by atoms with Gasteiger partial charge in [-0.25, -0.2) is 0 Å². The van der Waals surface area contributed by atoms with E-state index in [4.69, 9.17) is 0 Å². The average Bonchev–Trinajstić information content (AvgIpc) is 2.62. The molecule has 0 spiro atoms. The van der Waals surface area contributed by atoms with Crippen molar-refractivity contribution < 1.29 is 0 Å². The fourth-order valence-electron chi connectivity index (χ4n) is 3.61. The molecule has 4 nitrogen and oxygen atoms in total. The van der Waals surface area contributed by atoms with E-state index in [-0.39, 0.29) is 0 Å². The summed E-state index contributed by atoms with van der Waals surface area (Å²) >= 11 is 0. The van der Waals surface area contributed by atoms with Crippen LogP contribution < -0.4 is 0 Å². The van der Waals surface area contributed by atoms with E-state index in [9.17, 15) is 0 Å². The quantitative estimate of drug-likeness (QED) is 0.870. The second kappa shape index (κ2) is 6.48. The Balaban J connectivity index is 1.60. The van der Waals surface area contributed by atoms with Crippen LogP contribution in [0.1, 0.15) is 23.7 Å². The van der Waals surface area contributed by atoms with Crippen LogP contribution in [0.15, 0.2) is 66.4 Å². The molecule has 2 aromatic heterocycles. The maximum absolute atomic E-state index is 4.53. The SMILES string of the molecule is CC1=C(N2CCc3ncccc3C2)N(Cc2cccnc2)CC=C1. The third kappa shape index (κ3) is 2.92. The van der Waals surface area contributed by atoms with Gasteiger partial charge in [0.05, 0.1) is 0 Å². The van der Waals surface area contributed by atoms with Gasteiger partial charge in [0, 0.05) is 56.9 Å². The van der Waals surface area contributed by atoms with E-state index in [1.165, 1.54) is 28.2 Å². The molecule has 0 N–H and O–H groups in total. The summed E-state index contributed by atoms with van der Waals surface area (Å²) in [6.45, 7) is 6.00. The molecule has 0 aromatic carbocycles. The van der Waals surface area contributed by atoms with E-state index in [1.54, 1.807) is 0 Å². The molecule has 2 aromatic rings. The van der Waals surface area contributed by atoms with E-state index < -0.39 is 0 Å². The predicted octanol–water partition coefficient (Wildman–Crippen LogP) is 3.14. The van der Waals surface area contributed by atoms with Crippen LogP contribution in [-0.2, 0) is 19.5 Å². The summed E-state index contributed by atoms with van der Waals surface area (Å²) in [6.07, 6.45) is 11.2. The number of fused-ring (bicyclic) bond motifs is 1. The fraction of sp³-hybridized carbons (Fsp3) is 0.300. The topological polar surface area (TPSA) is 32.3 Å². The number of hydrogen-bond donors (Lipinski definition) is 0. The van der Waals surface area contributed by atoms with Crippen molar-refractivity contribution in [1.82, 2.24) is 19.8 Å².